The van der Waals surface area contributed by atoms with Gasteiger partial charge in [-0.25, -0.2) is 0 Å². The lowest BCUT2D eigenvalue weighted by molar-refractivity contribution is -0.0585. The largest absolute Gasteiger partial charge is 0.390 e. The van der Waals surface area contributed by atoms with Crippen molar-refractivity contribution >= 4 is 0 Å². The third kappa shape index (κ3) is 2.70. The normalized spacial score (nSPS) is 34.8. The molecule has 0 aromatic heterocycles. The van der Waals surface area contributed by atoms with Crippen LogP contribution in [0.4, 0.5) is 0 Å². The SMILES string of the molecule is CCCC1CCCCC1(O)CCC. The molecular formula is C12H24O. The molecule has 0 bridgehead atoms. The van der Waals surface area contributed by atoms with Gasteiger partial charge in [-0.1, -0.05) is 39.5 Å². The maximum absolute atomic E-state index is 10.5. The molecule has 1 rings (SSSR count). The Morgan fingerprint density at radius 2 is 2.00 bits per heavy atom. The van der Waals surface area contributed by atoms with Crippen molar-refractivity contribution in [3.8, 4) is 0 Å². The number of hydrogen-bond acceptors (Lipinski definition) is 1. The summed E-state index contributed by atoms with van der Waals surface area (Å²) in [6.07, 6.45) is 9.44. The maximum Gasteiger partial charge on any atom is 0.0675 e. The van der Waals surface area contributed by atoms with Crippen LogP contribution in [0.15, 0.2) is 0 Å². The smallest absolute Gasteiger partial charge is 0.0675 e. The van der Waals surface area contributed by atoms with Gasteiger partial charge in [0.2, 0.25) is 0 Å². The maximum atomic E-state index is 10.5. The zero-order chi connectivity index (χ0) is 9.73. The predicted octanol–water partition coefficient (Wildman–Crippen LogP) is 3.51. The van der Waals surface area contributed by atoms with Crippen molar-refractivity contribution in [2.45, 2.75) is 70.8 Å². The molecule has 0 aliphatic heterocycles. The second-order valence-electron chi connectivity index (χ2n) is 4.58. The minimum absolute atomic E-state index is 0.303. The molecule has 0 aromatic rings. The molecule has 0 saturated heterocycles. The molecular weight excluding hydrogens is 160 g/mol. The monoisotopic (exact) mass is 184 g/mol. The highest BCUT2D eigenvalue weighted by molar-refractivity contribution is 4.89. The van der Waals surface area contributed by atoms with Gasteiger partial charge in [-0.3, -0.25) is 0 Å². The fourth-order valence-corrected chi connectivity index (χ4v) is 2.82. The van der Waals surface area contributed by atoms with E-state index in [-0.39, 0.29) is 5.60 Å². The summed E-state index contributed by atoms with van der Waals surface area (Å²) < 4.78 is 0. The van der Waals surface area contributed by atoms with Crippen molar-refractivity contribution in [2.75, 3.05) is 0 Å². The van der Waals surface area contributed by atoms with Gasteiger partial charge in [0.25, 0.3) is 0 Å². The third-order valence-corrected chi connectivity index (χ3v) is 3.49. The molecule has 1 fully saturated rings. The molecule has 2 unspecified atom stereocenters. The van der Waals surface area contributed by atoms with Gasteiger partial charge in [-0.05, 0) is 31.6 Å². The van der Waals surface area contributed by atoms with E-state index in [1.807, 2.05) is 0 Å². The Kier molecular flexibility index (Phi) is 4.24. The number of hydrogen-bond donors (Lipinski definition) is 1. The fourth-order valence-electron chi connectivity index (χ4n) is 2.82. The van der Waals surface area contributed by atoms with E-state index in [2.05, 4.69) is 13.8 Å². The minimum Gasteiger partial charge on any atom is -0.390 e. The molecule has 1 aliphatic rings. The van der Waals surface area contributed by atoms with Crippen LogP contribution in [-0.4, -0.2) is 10.7 Å². The van der Waals surface area contributed by atoms with E-state index in [0.29, 0.717) is 5.92 Å². The van der Waals surface area contributed by atoms with E-state index >= 15 is 0 Å². The fraction of sp³-hybridized carbons (Fsp3) is 1.00. The second kappa shape index (κ2) is 4.99. The Morgan fingerprint density at radius 1 is 1.23 bits per heavy atom. The van der Waals surface area contributed by atoms with E-state index in [1.54, 1.807) is 0 Å². The average Bonchev–Trinajstić information content (AvgIpc) is 2.10. The summed E-state index contributed by atoms with van der Waals surface area (Å²) in [6, 6.07) is 0. The van der Waals surface area contributed by atoms with Gasteiger partial charge in [0.05, 0.1) is 5.60 Å². The van der Waals surface area contributed by atoms with Gasteiger partial charge in [-0.2, -0.15) is 0 Å². The molecule has 2 atom stereocenters. The predicted molar refractivity (Wildman–Crippen MR) is 56.7 cm³/mol. The van der Waals surface area contributed by atoms with Crippen LogP contribution in [0.5, 0.6) is 0 Å². The van der Waals surface area contributed by atoms with Crippen LogP contribution in [0, 0.1) is 5.92 Å². The molecule has 0 radical (unpaired) electrons. The van der Waals surface area contributed by atoms with Crippen molar-refractivity contribution in [1.29, 1.82) is 0 Å². The summed E-state index contributed by atoms with van der Waals surface area (Å²) in [5, 5.41) is 10.5. The van der Waals surface area contributed by atoms with Crippen LogP contribution in [0.25, 0.3) is 0 Å². The second-order valence-corrected chi connectivity index (χ2v) is 4.58. The summed E-state index contributed by atoms with van der Waals surface area (Å²) in [5.41, 5.74) is -0.303. The van der Waals surface area contributed by atoms with Gasteiger partial charge >= 0.3 is 0 Å². The highest BCUT2D eigenvalue weighted by Crippen LogP contribution is 2.39. The molecule has 1 N–H and O–H groups in total. The first kappa shape index (κ1) is 11.0. The summed E-state index contributed by atoms with van der Waals surface area (Å²) in [7, 11) is 0. The molecule has 0 heterocycles. The number of rotatable bonds is 4. The molecule has 0 spiro atoms. The first-order valence-electron chi connectivity index (χ1n) is 5.95. The third-order valence-electron chi connectivity index (χ3n) is 3.49. The Labute approximate surface area is 82.5 Å². The van der Waals surface area contributed by atoms with Crippen LogP contribution in [-0.2, 0) is 0 Å². The first-order chi connectivity index (χ1) is 6.23. The highest BCUT2D eigenvalue weighted by atomic mass is 16.3. The molecule has 1 aliphatic carbocycles. The van der Waals surface area contributed by atoms with Gasteiger partial charge in [0, 0.05) is 0 Å². The average molecular weight is 184 g/mol. The van der Waals surface area contributed by atoms with Gasteiger partial charge in [0.1, 0.15) is 0 Å². The Hall–Kier alpha value is -0.0400. The van der Waals surface area contributed by atoms with Crippen LogP contribution in [0.3, 0.4) is 0 Å². The van der Waals surface area contributed by atoms with Crippen LogP contribution >= 0.6 is 0 Å². The summed E-state index contributed by atoms with van der Waals surface area (Å²) >= 11 is 0. The van der Waals surface area contributed by atoms with E-state index in [0.717, 1.165) is 19.3 Å². The molecule has 13 heavy (non-hydrogen) atoms. The van der Waals surface area contributed by atoms with Crippen LogP contribution < -0.4 is 0 Å². The topological polar surface area (TPSA) is 20.2 Å². The van der Waals surface area contributed by atoms with Crippen molar-refractivity contribution in [1.82, 2.24) is 0 Å². The molecule has 0 aromatic carbocycles. The summed E-state index contributed by atoms with van der Waals surface area (Å²) in [5.74, 6) is 0.589. The Bertz CT molecular complexity index is 138. The van der Waals surface area contributed by atoms with E-state index < -0.39 is 0 Å². The molecule has 1 saturated carbocycles. The number of aliphatic hydroxyl groups is 1. The molecule has 0 amide bonds. The van der Waals surface area contributed by atoms with Crippen molar-refractivity contribution < 1.29 is 5.11 Å². The zero-order valence-electron chi connectivity index (χ0n) is 9.18. The van der Waals surface area contributed by atoms with Gasteiger partial charge in [-0.15, -0.1) is 0 Å². The lowest BCUT2D eigenvalue weighted by atomic mass is 9.71. The lowest BCUT2D eigenvalue weighted by Crippen LogP contribution is -2.40. The highest BCUT2D eigenvalue weighted by Gasteiger charge is 2.36. The van der Waals surface area contributed by atoms with Gasteiger partial charge in [0.15, 0.2) is 0 Å². The zero-order valence-corrected chi connectivity index (χ0v) is 9.18. The minimum atomic E-state index is -0.303. The standard InChI is InChI=1S/C12H24O/c1-3-7-11-8-5-6-10-12(11,13)9-4-2/h11,13H,3-10H2,1-2H3. The summed E-state index contributed by atoms with van der Waals surface area (Å²) in [4.78, 5) is 0. The molecule has 78 valence electrons. The van der Waals surface area contributed by atoms with Crippen molar-refractivity contribution in [3.05, 3.63) is 0 Å². The van der Waals surface area contributed by atoms with Crippen LogP contribution in [0.1, 0.15) is 65.2 Å². The van der Waals surface area contributed by atoms with E-state index in [9.17, 15) is 5.11 Å². The summed E-state index contributed by atoms with van der Waals surface area (Å²) in [6.45, 7) is 4.40. The Balaban J connectivity index is 2.54. The van der Waals surface area contributed by atoms with Crippen molar-refractivity contribution in [2.24, 2.45) is 5.92 Å². The van der Waals surface area contributed by atoms with Gasteiger partial charge < -0.3 is 5.11 Å². The van der Waals surface area contributed by atoms with Crippen molar-refractivity contribution in [3.63, 3.8) is 0 Å². The quantitative estimate of drug-likeness (QED) is 0.709. The van der Waals surface area contributed by atoms with Crippen LogP contribution in [0.2, 0.25) is 0 Å². The molecule has 1 nitrogen and oxygen atoms in total. The first-order valence-corrected chi connectivity index (χ1v) is 5.95. The van der Waals surface area contributed by atoms with E-state index in [1.165, 1.54) is 32.1 Å². The Morgan fingerprint density at radius 3 is 2.62 bits per heavy atom. The lowest BCUT2D eigenvalue weighted by Gasteiger charge is -2.40. The van der Waals surface area contributed by atoms with E-state index in [4.69, 9.17) is 0 Å². The molecule has 1 heteroatoms.